The summed E-state index contributed by atoms with van der Waals surface area (Å²) in [6.45, 7) is 11.5. The van der Waals surface area contributed by atoms with Crippen molar-refractivity contribution in [2.24, 2.45) is 11.8 Å². The molecule has 1 atom stereocenters. The van der Waals surface area contributed by atoms with Gasteiger partial charge in [0.1, 0.15) is 0 Å². The summed E-state index contributed by atoms with van der Waals surface area (Å²) >= 11 is 0. The molecule has 73 valence electrons. The van der Waals surface area contributed by atoms with E-state index in [9.17, 15) is 0 Å². The van der Waals surface area contributed by atoms with Crippen molar-refractivity contribution in [1.82, 2.24) is 0 Å². The Kier molecular flexibility index (Phi) is 6.51. The molecule has 0 heterocycles. The lowest BCUT2D eigenvalue weighted by Crippen LogP contribution is -1.99. The predicted molar refractivity (Wildman–Crippen MR) is 57.1 cm³/mol. The molecule has 1 radical (unpaired) electrons. The standard InChI is InChI=1S/C12H25/c1-10(2)7-6-8-12(5)9-11(3)4/h10,12H,6-9H2,1-5H3. The Morgan fingerprint density at radius 3 is 2.00 bits per heavy atom. The zero-order valence-corrected chi connectivity index (χ0v) is 9.48. The van der Waals surface area contributed by atoms with Crippen LogP contribution in [0.2, 0.25) is 0 Å². The van der Waals surface area contributed by atoms with Gasteiger partial charge in [0.05, 0.1) is 0 Å². The van der Waals surface area contributed by atoms with E-state index in [1.165, 1.54) is 25.7 Å². The average molecular weight is 169 g/mol. The molecule has 0 aliphatic carbocycles. The van der Waals surface area contributed by atoms with Gasteiger partial charge in [-0.1, -0.05) is 53.9 Å². The maximum Gasteiger partial charge on any atom is -0.0300 e. The molecule has 0 saturated carbocycles. The van der Waals surface area contributed by atoms with E-state index in [0.717, 1.165) is 11.8 Å². The van der Waals surface area contributed by atoms with Crippen LogP contribution < -0.4 is 0 Å². The van der Waals surface area contributed by atoms with Gasteiger partial charge in [0.25, 0.3) is 0 Å². The van der Waals surface area contributed by atoms with E-state index in [1.54, 1.807) is 5.92 Å². The number of rotatable bonds is 6. The molecule has 12 heavy (non-hydrogen) atoms. The Morgan fingerprint density at radius 1 is 1.00 bits per heavy atom. The van der Waals surface area contributed by atoms with Crippen LogP contribution in [-0.2, 0) is 0 Å². The lowest BCUT2D eigenvalue weighted by atomic mass is 9.93. The topological polar surface area (TPSA) is 0 Å². The van der Waals surface area contributed by atoms with Crippen LogP contribution in [0.15, 0.2) is 0 Å². The summed E-state index contributed by atoms with van der Waals surface area (Å²) in [6.07, 6.45) is 5.53. The summed E-state index contributed by atoms with van der Waals surface area (Å²) in [6, 6.07) is 0. The zero-order chi connectivity index (χ0) is 9.56. The van der Waals surface area contributed by atoms with Gasteiger partial charge in [0, 0.05) is 0 Å². The van der Waals surface area contributed by atoms with E-state index in [1.807, 2.05) is 0 Å². The Morgan fingerprint density at radius 2 is 1.58 bits per heavy atom. The minimum Gasteiger partial charge on any atom is -0.0628 e. The third kappa shape index (κ3) is 8.10. The van der Waals surface area contributed by atoms with E-state index in [4.69, 9.17) is 0 Å². The molecule has 1 unspecified atom stereocenters. The van der Waals surface area contributed by atoms with E-state index in [2.05, 4.69) is 34.6 Å². The van der Waals surface area contributed by atoms with E-state index < -0.39 is 0 Å². The molecule has 0 aromatic rings. The van der Waals surface area contributed by atoms with Crippen molar-refractivity contribution in [1.29, 1.82) is 0 Å². The molecule has 0 aromatic heterocycles. The van der Waals surface area contributed by atoms with Crippen LogP contribution in [0, 0.1) is 17.8 Å². The highest BCUT2D eigenvalue weighted by Gasteiger charge is 2.05. The molecule has 0 fully saturated rings. The fraction of sp³-hybridized carbons (Fsp3) is 0.917. The first-order valence-electron chi connectivity index (χ1n) is 5.31. The van der Waals surface area contributed by atoms with E-state index >= 15 is 0 Å². The van der Waals surface area contributed by atoms with Gasteiger partial charge >= 0.3 is 0 Å². The first-order chi connectivity index (χ1) is 5.52. The van der Waals surface area contributed by atoms with Crippen LogP contribution in [0.4, 0.5) is 0 Å². The molecule has 0 N–H and O–H groups in total. The fourth-order valence-electron chi connectivity index (χ4n) is 1.67. The minimum atomic E-state index is 0.879. The van der Waals surface area contributed by atoms with Gasteiger partial charge in [-0.15, -0.1) is 0 Å². The molecule has 0 aliphatic heterocycles. The number of hydrogen-bond donors (Lipinski definition) is 0. The highest BCUT2D eigenvalue weighted by atomic mass is 14.1. The maximum absolute atomic E-state index is 2.37. The Hall–Kier alpha value is 0. The van der Waals surface area contributed by atoms with Gasteiger partial charge in [-0.2, -0.15) is 0 Å². The van der Waals surface area contributed by atoms with Crippen molar-refractivity contribution in [3.63, 3.8) is 0 Å². The van der Waals surface area contributed by atoms with Crippen LogP contribution >= 0.6 is 0 Å². The first-order valence-corrected chi connectivity index (χ1v) is 5.31. The minimum absolute atomic E-state index is 0.879. The van der Waals surface area contributed by atoms with Crippen molar-refractivity contribution >= 4 is 0 Å². The zero-order valence-electron chi connectivity index (χ0n) is 9.48. The molecule has 0 saturated heterocycles. The van der Waals surface area contributed by atoms with Crippen molar-refractivity contribution in [3.8, 4) is 0 Å². The molecule has 0 aliphatic rings. The molecule has 0 spiro atoms. The van der Waals surface area contributed by atoms with Crippen LogP contribution in [0.25, 0.3) is 0 Å². The highest BCUT2D eigenvalue weighted by molar-refractivity contribution is 4.79. The van der Waals surface area contributed by atoms with Crippen molar-refractivity contribution in [2.45, 2.75) is 60.3 Å². The normalized spacial score (nSPS) is 14.2. The Bertz CT molecular complexity index is 92.2. The van der Waals surface area contributed by atoms with Crippen molar-refractivity contribution in [2.75, 3.05) is 0 Å². The molecule has 0 amide bonds. The third-order valence-electron chi connectivity index (χ3n) is 2.24. The van der Waals surface area contributed by atoms with Gasteiger partial charge in [-0.05, 0) is 24.2 Å². The van der Waals surface area contributed by atoms with Gasteiger partial charge in [0.2, 0.25) is 0 Å². The van der Waals surface area contributed by atoms with Crippen LogP contribution in [0.1, 0.15) is 60.3 Å². The Balaban J connectivity index is 3.25. The quantitative estimate of drug-likeness (QED) is 0.551. The molecule has 0 heteroatoms. The summed E-state index contributed by atoms with van der Waals surface area (Å²) in [4.78, 5) is 0. The maximum atomic E-state index is 2.37. The molecule has 0 aromatic carbocycles. The first kappa shape index (κ1) is 12.0. The van der Waals surface area contributed by atoms with Gasteiger partial charge < -0.3 is 0 Å². The third-order valence-corrected chi connectivity index (χ3v) is 2.24. The van der Waals surface area contributed by atoms with E-state index in [0.29, 0.717) is 0 Å². The number of hydrogen-bond acceptors (Lipinski definition) is 0. The summed E-state index contributed by atoms with van der Waals surface area (Å²) in [7, 11) is 0. The molecule has 0 rings (SSSR count). The smallest absolute Gasteiger partial charge is 0.0300 e. The molecular weight excluding hydrogens is 144 g/mol. The average Bonchev–Trinajstić information content (AvgIpc) is 1.84. The molecule has 0 nitrogen and oxygen atoms in total. The lowest BCUT2D eigenvalue weighted by Gasteiger charge is -2.13. The summed E-state index contributed by atoms with van der Waals surface area (Å²) < 4.78 is 0. The summed E-state index contributed by atoms with van der Waals surface area (Å²) in [5, 5.41) is 0. The van der Waals surface area contributed by atoms with Gasteiger partial charge in [-0.25, -0.2) is 0 Å². The van der Waals surface area contributed by atoms with E-state index in [-0.39, 0.29) is 0 Å². The largest absolute Gasteiger partial charge is 0.0628 e. The second-order valence-electron chi connectivity index (χ2n) is 4.84. The van der Waals surface area contributed by atoms with Crippen LogP contribution in [0.3, 0.4) is 0 Å². The SMILES string of the molecule is C[C](C)CC(C)CCCC(C)C. The van der Waals surface area contributed by atoms with Gasteiger partial charge in [0.15, 0.2) is 0 Å². The summed E-state index contributed by atoms with van der Waals surface area (Å²) in [5.74, 6) is 3.35. The van der Waals surface area contributed by atoms with Crippen LogP contribution in [0.5, 0.6) is 0 Å². The molecular formula is C12H25. The van der Waals surface area contributed by atoms with Crippen LogP contribution in [-0.4, -0.2) is 0 Å². The lowest BCUT2D eigenvalue weighted by molar-refractivity contribution is 0.443. The van der Waals surface area contributed by atoms with Crippen molar-refractivity contribution in [3.05, 3.63) is 5.92 Å². The second-order valence-corrected chi connectivity index (χ2v) is 4.84. The van der Waals surface area contributed by atoms with Crippen molar-refractivity contribution < 1.29 is 0 Å². The second kappa shape index (κ2) is 6.51. The molecule has 0 bridgehead atoms. The van der Waals surface area contributed by atoms with Gasteiger partial charge in [-0.3, -0.25) is 0 Å². The fourth-order valence-corrected chi connectivity index (χ4v) is 1.67. The highest BCUT2D eigenvalue weighted by Crippen LogP contribution is 2.19. The predicted octanol–water partition coefficient (Wildman–Crippen LogP) is 4.45. The Labute approximate surface area is 78.8 Å². The monoisotopic (exact) mass is 169 g/mol. The summed E-state index contributed by atoms with van der Waals surface area (Å²) in [5.41, 5.74) is 0.